The largest absolute Gasteiger partial charge is 0.334 e. The van der Waals surface area contributed by atoms with Crippen LogP contribution >= 0.6 is 23.2 Å². The minimum Gasteiger partial charge on any atom is -0.334 e. The van der Waals surface area contributed by atoms with Crippen LogP contribution < -0.4 is 10.6 Å². The highest BCUT2D eigenvalue weighted by molar-refractivity contribution is 6.42. The molecule has 5 heteroatoms. The van der Waals surface area contributed by atoms with E-state index in [1.165, 1.54) is 0 Å². The van der Waals surface area contributed by atoms with Gasteiger partial charge in [0.05, 0.1) is 10.0 Å². The third-order valence-corrected chi connectivity index (χ3v) is 2.47. The fourth-order valence-electron chi connectivity index (χ4n) is 0.980. The molecule has 3 nitrogen and oxygen atoms in total. The molecule has 1 aromatic carbocycles. The average molecular weight is 259 g/mol. The predicted octanol–water partition coefficient (Wildman–Crippen LogP) is 3.69. The van der Waals surface area contributed by atoms with E-state index in [-0.39, 0.29) is 6.03 Å². The van der Waals surface area contributed by atoms with Gasteiger partial charge in [-0.15, -0.1) is 0 Å². The van der Waals surface area contributed by atoms with E-state index in [0.29, 0.717) is 22.3 Å². The summed E-state index contributed by atoms with van der Waals surface area (Å²) in [6, 6.07) is 4.58. The van der Waals surface area contributed by atoms with E-state index < -0.39 is 0 Å². The van der Waals surface area contributed by atoms with Crippen LogP contribution in [0.4, 0.5) is 10.5 Å². The van der Waals surface area contributed by atoms with Gasteiger partial charge in [0.25, 0.3) is 0 Å². The second kappa shape index (κ2) is 5.77. The van der Waals surface area contributed by atoms with Crippen LogP contribution in [0.1, 0.15) is 6.92 Å². The van der Waals surface area contributed by atoms with Crippen molar-refractivity contribution in [2.24, 2.45) is 0 Å². The molecular formula is C11H12Cl2N2O. The highest BCUT2D eigenvalue weighted by Crippen LogP contribution is 2.24. The number of benzene rings is 1. The molecule has 0 heterocycles. The minimum absolute atomic E-state index is 0.304. The first kappa shape index (κ1) is 12.9. The van der Waals surface area contributed by atoms with Gasteiger partial charge >= 0.3 is 6.03 Å². The molecule has 0 radical (unpaired) electrons. The molecule has 1 aromatic rings. The summed E-state index contributed by atoms with van der Waals surface area (Å²) < 4.78 is 0. The number of amides is 2. The quantitative estimate of drug-likeness (QED) is 0.798. The SMILES string of the molecule is C=C(C)CNC(=O)Nc1ccc(Cl)c(Cl)c1. The van der Waals surface area contributed by atoms with E-state index in [2.05, 4.69) is 17.2 Å². The van der Waals surface area contributed by atoms with Crippen molar-refractivity contribution in [3.8, 4) is 0 Å². The van der Waals surface area contributed by atoms with Gasteiger partial charge < -0.3 is 10.6 Å². The third kappa shape index (κ3) is 4.13. The van der Waals surface area contributed by atoms with Crippen LogP contribution in [-0.4, -0.2) is 12.6 Å². The molecule has 0 aromatic heterocycles. The van der Waals surface area contributed by atoms with Gasteiger partial charge in [0.1, 0.15) is 0 Å². The summed E-state index contributed by atoms with van der Waals surface area (Å²) in [6.07, 6.45) is 0. The number of rotatable bonds is 3. The van der Waals surface area contributed by atoms with Gasteiger partial charge in [0.2, 0.25) is 0 Å². The zero-order valence-corrected chi connectivity index (χ0v) is 10.3. The Morgan fingerprint density at radius 2 is 2.06 bits per heavy atom. The summed E-state index contributed by atoms with van der Waals surface area (Å²) in [4.78, 5) is 11.4. The van der Waals surface area contributed by atoms with Gasteiger partial charge in [-0.3, -0.25) is 0 Å². The molecule has 0 atom stereocenters. The second-order valence-corrected chi connectivity index (χ2v) is 4.21. The summed E-state index contributed by atoms with van der Waals surface area (Å²) >= 11 is 11.6. The predicted molar refractivity (Wildman–Crippen MR) is 68.3 cm³/mol. The number of carbonyl (C=O) groups is 1. The normalized spacial score (nSPS) is 9.69. The van der Waals surface area contributed by atoms with Crippen LogP contribution in [0.25, 0.3) is 0 Å². The van der Waals surface area contributed by atoms with Gasteiger partial charge in [-0.25, -0.2) is 4.79 Å². The molecule has 0 aliphatic rings. The second-order valence-electron chi connectivity index (χ2n) is 3.39. The standard InChI is InChI=1S/C11H12Cl2N2O/c1-7(2)6-14-11(16)15-8-3-4-9(12)10(13)5-8/h3-5H,1,6H2,2H3,(H2,14,15,16). The molecule has 2 N–H and O–H groups in total. The molecule has 16 heavy (non-hydrogen) atoms. The van der Waals surface area contributed by atoms with E-state index in [1.807, 2.05) is 6.92 Å². The van der Waals surface area contributed by atoms with Crippen molar-refractivity contribution in [2.75, 3.05) is 11.9 Å². The maximum absolute atomic E-state index is 11.4. The van der Waals surface area contributed by atoms with E-state index >= 15 is 0 Å². The summed E-state index contributed by atoms with van der Waals surface area (Å²) in [7, 11) is 0. The highest BCUT2D eigenvalue weighted by atomic mass is 35.5. The van der Waals surface area contributed by atoms with Crippen LogP contribution in [-0.2, 0) is 0 Å². The fraction of sp³-hybridized carbons (Fsp3) is 0.182. The molecule has 2 amide bonds. The average Bonchev–Trinajstić information content (AvgIpc) is 2.21. The first-order valence-electron chi connectivity index (χ1n) is 4.63. The lowest BCUT2D eigenvalue weighted by molar-refractivity contribution is 0.253. The van der Waals surface area contributed by atoms with Crippen LogP contribution in [0.2, 0.25) is 10.0 Å². The maximum Gasteiger partial charge on any atom is 0.319 e. The smallest absolute Gasteiger partial charge is 0.319 e. The van der Waals surface area contributed by atoms with Gasteiger partial charge in [-0.1, -0.05) is 35.4 Å². The molecule has 1 rings (SSSR count). The van der Waals surface area contributed by atoms with E-state index in [4.69, 9.17) is 23.2 Å². The van der Waals surface area contributed by atoms with Crippen molar-refractivity contribution in [2.45, 2.75) is 6.92 Å². The van der Waals surface area contributed by atoms with E-state index in [1.54, 1.807) is 18.2 Å². The molecule has 0 aliphatic carbocycles. The summed E-state index contributed by atoms with van der Waals surface area (Å²) in [5.74, 6) is 0. The Kier molecular flexibility index (Phi) is 4.65. The number of nitrogens with one attached hydrogen (secondary N) is 2. The minimum atomic E-state index is -0.304. The van der Waals surface area contributed by atoms with E-state index in [9.17, 15) is 4.79 Å². The van der Waals surface area contributed by atoms with E-state index in [0.717, 1.165) is 5.57 Å². The molecule has 0 unspecified atom stereocenters. The molecular weight excluding hydrogens is 247 g/mol. The van der Waals surface area contributed by atoms with Crippen molar-refractivity contribution in [1.82, 2.24) is 5.32 Å². The zero-order valence-electron chi connectivity index (χ0n) is 8.81. The Labute approximate surface area is 104 Å². The van der Waals surface area contributed by atoms with Crippen molar-refractivity contribution in [3.05, 3.63) is 40.4 Å². The zero-order chi connectivity index (χ0) is 12.1. The molecule has 86 valence electrons. The summed E-state index contributed by atoms with van der Waals surface area (Å²) in [5.41, 5.74) is 1.47. The number of anilines is 1. The first-order valence-corrected chi connectivity index (χ1v) is 5.39. The number of urea groups is 1. The fourth-order valence-corrected chi connectivity index (χ4v) is 1.28. The van der Waals surface area contributed by atoms with Crippen LogP contribution in [0.15, 0.2) is 30.4 Å². The lowest BCUT2D eigenvalue weighted by atomic mass is 10.3. The summed E-state index contributed by atoms with van der Waals surface area (Å²) in [6.45, 7) is 5.95. The van der Waals surface area contributed by atoms with Gasteiger partial charge in [-0.2, -0.15) is 0 Å². The van der Waals surface area contributed by atoms with Crippen molar-refractivity contribution < 1.29 is 4.79 Å². The van der Waals surface area contributed by atoms with Crippen molar-refractivity contribution in [1.29, 1.82) is 0 Å². The van der Waals surface area contributed by atoms with Gasteiger partial charge in [-0.05, 0) is 25.1 Å². The highest BCUT2D eigenvalue weighted by Gasteiger charge is 2.03. The molecule has 0 saturated heterocycles. The number of halogens is 2. The summed E-state index contributed by atoms with van der Waals surface area (Å²) in [5, 5.41) is 6.13. The number of hydrogen-bond acceptors (Lipinski definition) is 1. The van der Waals surface area contributed by atoms with Crippen LogP contribution in [0, 0.1) is 0 Å². The number of hydrogen-bond donors (Lipinski definition) is 2. The maximum atomic E-state index is 11.4. The lowest BCUT2D eigenvalue weighted by Gasteiger charge is -2.07. The number of carbonyl (C=O) groups excluding carboxylic acids is 1. The Bertz CT molecular complexity index is 418. The third-order valence-electron chi connectivity index (χ3n) is 1.73. The van der Waals surface area contributed by atoms with Crippen LogP contribution in [0.5, 0.6) is 0 Å². The Morgan fingerprint density at radius 3 is 2.62 bits per heavy atom. The Hall–Kier alpha value is -1.19. The van der Waals surface area contributed by atoms with Crippen molar-refractivity contribution in [3.63, 3.8) is 0 Å². The van der Waals surface area contributed by atoms with Crippen molar-refractivity contribution >= 4 is 34.9 Å². The topological polar surface area (TPSA) is 41.1 Å². The Balaban J connectivity index is 2.56. The van der Waals surface area contributed by atoms with Gasteiger partial charge in [0.15, 0.2) is 0 Å². The molecule has 0 bridgehead atoms. The molecule has 0 aliphatic heterocycles. The molecule has 0 saturated carbocycles. The Morgan fingerprint density at radius 1 is 1.38 bits per heavy atom. The lowest BCUT2D eigenvalue weighted by Crippen LogP contribution is -2.29. The first-order chi connectivity index (χ1) is 7.49. The monoisotopic (exact) mass is 258 g/mol. The molecule has 0 spiro atoms. The molecule has 0 fully saturated rings. The van der Waals surface area contributed by atoms with Gasteiger partial charge in [0, 0.05) is 12.2 Å². The van der Waals surface area contributed by atoms with Crippen LogP contribution in [0.3, 0.4) is 0 Å².